The summed E-state index contributed by atoms with van der Waals surface area (Å²) >= 11 is 0. The topological polar surface area (TPSA) is 42.3 Å². The highest BCUT2D eigenvalue weighted by molar-refractivity contribution is 5.97. The third kappa shape index (κ3) is 1.84. The van der Waals surface area contributed by atoms with Gasteiger partial charge in [-0.25, -0.2) is 0 Å². The predicted molar refractivity (Wildman–Crippen MR) is 64.3 cm³/mol. The van der Waals surface area contributed by atoms with Crippen molar-refractivity contribution in [1.82, 2.24) is 0 Å². The number of hydrogen-bond acceptors (Lipinski definition) is 3. The zero-order valence-corrected chi connectivity index (χ0v) is 9.28. The number of rotatable bonds is 2. The zero-order chi connectivity index (χ0) is 11.5. The van der Waals surface area contributed by atoms with Crippen LogP contribution in [-0.4, -0.2) is 20.1 Å². The van der Waals surface area contributed by atoms with Crippen LogP contribution in [-0.2, 0) is 4.74 Å². The maximum atomic E-state index is 7.60. The fourth-order valence-corrected chi connectivity index (χ4v) is 1.61. The van der Waals surface area contributed by atoms with E-state index >= 15 is 0 Å². The van der Waals surface area contributed by atoms with Gasteiger partial charge in [-0.15, -0.1) is 0 Å². The summed E-state index contributed by atoms with van der Waals surface area (Å²) in [5.41, 5.74) is 0.767. The molecule has 3 nitrogen and oxygen atoms in total. The number of ether oxygens (including phenoxy) is 2. The summed E-state index contributed by atoms with van der Waals surface area (Å²) in [7, 11) is 3.14. The molecule has 0 spiro atoms. The molecule has 0 aliphatic heterocycles. The minimum atomic E-state index is 0.171. The Morgan fingerprint density at radius 1 is 1.00 bits per heavy atom. The van der Waals surface area contributed by atoms with Crippen LogP contribution in [0.3, 0.4) is 0 Å². The summed E-state index contributed by atoms with van der Waals surface area (Å²) in [6, 6.07) is 11.6. The van der Waals surface area contributed by atoms with Crippen LogP contribution in [0.5, 0.6) is 5.75 Å². The van der Waals surface area contributed by atoms with Gasteiger partial charge in [0.25, 0.3) is 0 Å². The van der Waals surface area contributed by atoms with Crippen molar-refractivity contribution in [3.8, 4) is 5.75 Å². The van der Waals surface area contributed by atoms with Crippen molar-refractivity contribution in [3.05, 3.63) is 42.0 Å². The molecule has 0 saturated carbocycles. The van der Waals surface area contributed by atoms with Gasteiger partial charge in [0.05, 0.1) is 14.2 Å². The average Bonchev–Trinajstić information content (AvgIpc) is 2.36. The molecule has 0 bridgehead atoms. The Morgan fingerprint density at radius 3 is 2.44 bits per heavy atom. The molecule has 1 N–H and O–H groups in total. The lowest BCUT2D eigenvalue weighted by Crippen LogP contribution is -2.00. The number of methoxy groups -OCH3 is 2. The van der Waals surface area contributed by atoms with Crippen molar-refractivity contribution in [2.75, 3.05) is 14.2 Å². The van der Waals surface area contributed by atoms with Crippen LogP contribution in [0.15, 0.2) is 36.4 Å². The maximum absolute atomic E-state index is 7.60. The molecule has 2 rings (SSSR count). The number of nitrogens with one attached hydrogen (secondary N) is 1. The normalized spacial score (nSPS) is 10.1. The third-order valence-electron chi connectivity index (χ3n) is 2.51. The van der Waals surface area contributed by atoms with Gasteiger partial charge >= 0.3 is 0 Å². The van der Waals surface area contributed by atoms with Crippen molar-refractivity contribution < 1.29 is 9.47 Å². The second kappa shape index (κ2) is 4.23. The fraction of sp³-hybridized carbons (Fsp3) is 0.154. The first-order valence-electron chi connectivity index (χ1n) is 4.95. The molecule has 16 heavy (non-hydrogen) atoms. The van der Waals surface area contributed by atoms with Crippen LogP contribution in [0, 0.1) is 5.41 Å². The molecule has 0 aromatic heterocycles. The Balaban J connectivity index is 2.54. The highest BCUT2D eigenvalue weighted by Crippen LogP contribution is 2.22. The van der Waals surface area contributed by atoms with E-state index in [0.717, 1.165) is 22.1 Å². The van der Waals surface area contributed by atoms with E-state index in [1.54, 1.807) is 7.11 Å². The molecule has 0 aliphatic rings. The molecular formula is C13H13NO2. The van der Waals surface area contributed by atoms with E-state index in [-0.39, 0.29) is 5.90 Å². The Bertz CT molecular complexity index is 534. The molecule has 2 aromatic rings. The SMILES string of the molecule is COC(=N)c1ccc2ccc(OC)cc2c1. The Labute approximate surface area is 94.1 Å². The van der Waals surface area contributed by atoms with E-state index in [1.165, 1.54) is 7.11 Å². The first-order chi connectivity index (χ1) is 7.74. The molecule has 0 unspecified atom stereocenters. The van der Waals surface area contributed by atoms with E-state index in [1.807, 2.05) is 36.4 Å². The lowest BCUT2D eigenvalue weighted by Gasteiger charge is -2.05. The third-order valence-corrected chi connectivity index (χ3v) is 2.51. The van der Waals surface area contributed by atoms with Crippen molar-refractivity contribution in [3.63, 3.8) is 0 Å². The molecule has 82 valence electrons. The monoisotopic (exact) mass is 215 g/mol. The van der Waals surface area contributed by atoms with E-state index in [0.29, 0.717) is 0 Å². The second-order valence-corrected chi connectivity index (χ2v) is 3.46. The largest absolute Gasteiger partial charge is 0.497 e. The Morgan fingerprint density at radius 2 is 1.75 bits per heavy atom. The Kier molecular flexibility index (Phi) is 2.77. The molecule has 0 saturated heterocycles. The van der Waals surface area contributed by atoms with Gasteiger partial charge in [0.2, 0.25) is 5.90 Å². The van der Waals surface area contributed by atoms with Gasteiger partial charge in [-0.3, -0.25) is 5.41 Å². The lowest BCUT2D eigenvalue weighted by atomic mass is 10.1. The lowest BCUT2D eigenvalue weighted by molar-refractivity contribution is 0.401. The van der Waals surface area contributed by atoms with Crippen molar-refractivity contribution >= 4 is 16.7 Å². The molecule has 0 atom stereocenters. The van der Waals surface area contributed by atoms with Gasteiger partial charge in [-0.05, 0) is 35.0 Å². The first kappa shape index (κ1) is 10.5. The summed E-state index contributed by atoms with van der Waals surface area (Å²) in [6.07, 6.45) is 0. The van der Waals surface area contributed by atoms with Crippen molar-refractivity contribution in [1.29, 1.82) is 5.41 Å². The van der Waals surface area contributed by atoms with Crippen LogP contribution in [0.2, 0.25) is 0 Å². The molecular weight excluding hydrogens is 202 g/mol. The summed E-state index contributed by atoms with van der Waals surface area (Å²) in [5, 5.41) is 9.76. The van der Waals surface area contributed by atoms with Crippen LogP contribution >= 0.6 is 0 Å². The smallest absolute Gasteiger partial charge is 0.212 e. The van der Waals surface area contributed by atoms with Gasteiger partial charge < -0.3 is 9.47 Å². The van der Waals surface area contributed by atoms with E-state index < -0.39 is 0 Å². The van der Waals surface area contributed by atoms with Gasteiger partial charge in [-0.1, -0.05) is 12.1 Å². The van der Waals surface area contributed by atoms with E-state index in [9.17, 15) is 0 Å². The molecule has 0 heterocycles. The van der Waals surface area contributed by atoms with Crippen molar-refractivity contribution in [2.45, 2.75) is 0 Å². The van der Waals surface area contributed by atoms with E-state index in [2.05, 4.69) is 0 Å². The molecule has 0 fully saturated rings. The summed E-state index contributed by atoms with van der Waals surface area (Å²) < 4.78 is 10.1. The number of fused-ring (bicyclic) bond motifs is 1. The predicted octanol–water partition coefficient (Wildman–Crippen LogP) is 2.82. The number of hydrogen-bond donors (Lipinski definition) is 1. The molecule has 0 amide bonds. The van der Waals surface area contributed by atoms with Crippen LogP contribution < -0.4 is 4.74 Å². The minimum absolute atomic E-state index is 0.171. The van der Waals surface area contributed by atoms with Gasteiger partial charge in [0.15, 0.2) is 0 Å². The fourth-order valence-electron chi connectivity index (χ4n) is 1.61. The quantitative estimate of drug-likeness (QED) is 0.618. The van der Waals surface area contributed by atoms with Crippen LogP contribution in [0.1, 0.15) is 5.56 Å². The van der Waals surface area contributed by atoms with Gasteiger partial charge in [0.1, 0.15) is 5.75 Å². The van der Waals surface area contributed by atoms with Gasteiger partial charge in [0, 0.05) is 5.56 Å². The molecule has 3 heteroatoms. The van der Waals surface area contributed by atoms with Gasteiger partial charge in [-0.2, -0.15) is 0 Å². The zero-order valence-electron chi connectivity index (χ0n) is 9.28. The molecule has 0 radical (unpaired) electrons. The van der Waals surface area contributed by atoms with Crippen LogP contribution in [0.4, 0.5) is 0 Å². The minimum Gasteiger partial charge on any atom is -0.497 e. The summed E-state index contributed by atoms with van der Waals surface area (Å²) in [4.78, 5) is 0. The van der Waals surface area contributed by atoms with E-state index in [4.69, 9.17) is 14.9 Å². The standard InChI is InChI=1S/C13H13NO2/c1-15-12-6-5-9-3-4-10(13(14)16-2)7-11(9)8-12/h3-8,14H,1-2H3. The average molecular weight is 215 g/mol. The van der Waals surface area contributed by atoms with Crippen LogP contribution in [0.25, 0.3) is 10.8 Å². The second-order valence-electron chi connectivity index (χ2n) is 3.46. The maximum Gasteiger partial charge on any atom is 0.212 e. The highest BCUT2D eigenvalue weighted by atomic mass is 16.5. The Hall–Kier alpha value is -2.03. The highest BCUT2D eigenvalue weighted by Gasteiger charge is 2.03. The molecule has 0 aliphatic carbocycles. The summed E-state index contributed by atoms with van der Waals surface area (Å²) in [6.45, 7) is 0. The molecule has 2 aromatic carbocycles. The number of benzene rings is 2. The first-order valence-corrected chi connectivity index (χ1v) is 4.95. The summed E-state index contributed by atoms with van der Waals surface area (Å²) in [5.74, 6) is 0.985. The van der Waals surface area contributed by atoms with Crippen molar-refractivity contribution in [2.24, 2.45) is 0 Å².